The lowest BCUT2D eigenvalue weighted by atomic mass is 9.91. The summed E-state index contributed by atoms with van der Waals surface area (Å²) in [6, 6.07) is 14.6. The van der Waals surface area contributed by atoms with Crippen LogP contribution in [0.3, 0.4) is 0 Å². The first kappa shape index (κ1) is 18.9. The average Bonchev–Trinajstić information content (AvgIpc) is 2.68. The molecule has 1 aromatic heterocycles. The zero-order valence-electron chi connectivity index (χ0n) is 16.0. The average molecular weight is 393 g/mol. The van der Waals surface area contributed by atoms with Gasteiger partial charge in [-0.05, 0) is 68.5 Å². The zero-order chi connectivity index (χ0) is 19.5. The highest BCUT2D eigenvalue weighted by Gasteiger charge is 2.20. The first-order valence-electron chi connectivity index (χ1n) is 9.81. The molecule has 4 rings (SSSR count). The third-order valence-electron chi connectivity index (χ3n) is 5.22. The summed E-state index contributed by atoms with van der Waals surface area (Å²) in [5.41, 5.74) is 9.38. The van der Waals surface area contributed by atoms with Crippen molar-refractivity contribution in [3.63, 3.8) is 0 Å². The van der Waals surface area contributed by atoms with Crippen LogP contribution in [-0.4, -0.2) is 22.1 Å². The number of anilines is 1. The second-order valence-electron chi connectivity index (χ2n) is 7.60. The number of hydrogen-bond acceptors (Lipinski definition) is 4. The first-order chi connectivity index (χ1) is 13.6. The fraction of sp³-hybridized carbons (Fsp3) is 0.304. The summed E-state index contributed by atoms with van der Waals surface area (Å²) >= 11 is 5.96. The fourth-order valence-electron chi connectivity index (χ4n) is 3.74. The lowest BCUT2D eigenvalue weighted by Crippen LogP contribution is -2.35. The molecule has 2 aromatic carbocycles. The summed E-state index contributed by atoms with van der Waals surface area (Å²) in [6.07, 6.45) is 8.32. The van der Waals surface area contributed by atoms with Gasteiger partial charge in [-0.3, -0.25) is 0 Å². The number of halogens is 1. The second kappa shape index (κ2) is 8.29. The van der Waals surface area contributed by atoms with E-state index in [1.807, 2.05) is 36.4 Å². The molecule has 3 aromatic rings. The summed E-state index contributed by atoms with van der Waals surface area (Å²) in [4.78, 5) is 9.55. The Labute approximate surface area is 170 Å². The number of aromatic nitrogens is 2. The van der Waals surface area contributed by atoms with E-state index in [4.69, 9.17) is 27.3 Å². The molecule has 0 saturated heterocycles. The van der Waals surface area contributed by atoms with Gasteiger partial charge in [-0.1, -0.05) is 41.4 Å². The minimum absolute atomic E-state index is 0.269. The van der Waals surface area contributed by atoms with Crippen LogP contribution in [-0.2, 0) is 0 Å². The van der Waals surface area contributed by atoms with E-state index in [1.54, 1.807) is 0 Å². The molecule has 0 radical (unpaired) electrons. The molecule has 2 unspecified atom stereocenters. The van der Waals surface area contributed by atoms with E-state index < -0.39 is 0 Å². The minimum Gasteiger partial charge on any atom is -0.367 e. The summed E-state index contributed by atoms with van der Waals surface area (Å²) in [5.74, 6) is 1.58. The molecule has 1 aliphatic carbocycles. The number of rotatable bonds is 4. The van der Waals surface area contributed by atoms with Gasteiger partial charge in [0.2, 0.25) is 0 Å². The van der Waals surface area contributed by atoms with Gasteiger partial charge in [0.15, 0.2) is 5.82 Å². The molecule has 1 aliphatic rings. The Morgan fingerprint density at radius 1 is 1.07 bits per heavy atom. The van der Waals surface area contributed by atoms with Crippen molar-refractivity contribution in [3.05, 3.63) is 64.4 Å². The monoisotopic (exact) mass is 392 g/mol. The van der Waals surface area contributed by atoms with Gasteiger partial charge in [0, 0.05) is 22.5 Å². The van der Waals surface area contributed by atoms with Gasteiger partial charge in [0.05, 0.1) is 5.52 Å². The van der Waals surface area contributed by atoms with Gasteiger partial charge in [0.25, 0.3) is 0 Å². The van der Waals surface area contributed by atoms with Crippen LogP contribution < -0.4 is 11.1 Å². The quantitative estimate of drug-likeness (QED) is 0.620. The van der Waals surface area contributed by atoms with E-state index in [9.17, 15) is 0 Å². The number of benzene rings is 2. The highest BCUT2D eigenvalue weighted by molar-refractivity contribution is 6.30. The van der Waals surface area contributed by atoms with Crippen LogP contribution in [0.15, 0.2) is 42.5 Å². The maximum atomic E-state index is 6.17. The Morgan fingerprint density at radius 2 is 1.89 bits per heavy atom. The van der Waals surface area contributed by atoms with Crippen molar-refractivity contribution >= 4 is 40.5 Å². The molecular weight excluding hydrogens is 368 g/mol. The van der Waals surface area contributed by atoms with E-state index in [1.165, 1.54) is 5.56 Å². The van der Waals surface area contributed by atoms with E-state index >= 15 is 0 Å². The van der Waals surface area contributed by atoms with E-state index in [0.29, 0.717) is 11.9 Å². The highest BCUT2D eigenvalue weighted by atomic mass is 35.5. The van der Waals surface area contributed by atoms with Gasteiger partial charge >= 0.3 is 0 Å². The molecule has 0 spiro atoms. The van der Waals surface area contributed by atoms with Gasteiger partial charge < -0.3 is 11.1 Å². The Hall–Kier alpha value is -2.43. The van der Waals surface area contributed by atoms with Crippen LogP contribution in [0.5, 0.6) is 0 Å². The molecule has 144 valence electrons. The molecule has 28 heavy (non-hydrogen) atoms. The van der Waals surface area contributed by atoms with Crippen molar-refractivity contribution in [1.82, 2.24) is 9.97 Å². The number of aryl methyl sites for hydroxylation is 1. The van der Waals surface area contributed by atoms with Crippen LogP contribution in [0.25, 0.3) is 23.1 Å². The summed E-state index contributed by atoms with van der Waals surface area (Å²) in [7, 11) is 0. The van der Waals surface area contributed by atoms with Gasteiger partial charge in [-0.25, -0.2) is 9.97 Å². The van der Waals surface area contributed by atoms with Crippen LogP contribution in [0.1, 0.15) is 42.6 Å². The van der Waals surface area contributed by atoms with Crippen molar-refractivity contribution < 1.29 is 0 Å². The van der Waals surface area contributed by atoms with E-state index in [0.717, 1.165) is 53.0 Å². The van der Waals surface area contributed by atoms with Gasteiger partial charge in [-0.15, -0.1) is 0 Å². The summed E-state index contributed by atoms with van der Waals surface area (Å²) in [5, 5.41) is 5.43. The Bertz CT molecular complexity index is 997. The number of hydrogen-bond donors (Lipinski definition) is 2. The Balaban J connectivity index is 1.67. The highest BCUT2D eigenvalue weighted by Crippen LogP contribution is 2.26. The maximum absolute atomic E-state index is 6.17. The number of nitrogens with one attached hydrogen (secondary N) is 1. The first-order valence-corrected chi connectivity index (χ1v) is 10.2. The predicted molar refractivity (Wildman–Crippen MR) is 119 cm³/mol. The normalized spacial score (nSPS) is 20.0. The molecular formula is C23H25ClN4. The Kier molecular flexibility index (Phi) is 5.60. The standard InChI is InChI=1S/C23H25ClN4/c1-15-5-11-21-20(13-15)23(26-19-4-2-3-18(25)14-19)28-22(27-21)12-8-16-6-9-17(24)10-7-16/h5-13,18-19H,2-4,14,25H2,1H3,(H,26,27,28)/b12-8-. The van der Waals surface area contributed by atoms with E-state index in [2.05, 4.69) is 30.4 Å². The van der Waals surface area contributed by atoms with Crippen molar-refractivity contribution in [3.8, 4) is 0 Å². The minimum atomic E-state index is 0.269. The molecule has 0 amide bonds. The van der Waals surface area contributed by atoms with Gasteiger partial charge in [-0.2, -0.15) is 0 Å². The molecule has 2 atom stereocenters. The van der Waals surface area contributed by atoms with E-state index in [-0.39, 0.29) is 6.04 Å². The van der Waals surface area contributed by atoms with Crippen molar-refractivity contribution in [2.24, 2.45) is 5.73 Å². The SMILES string of the molecule is Cc1ccc2nc(/C=C\c3ccc(Cl)cc3)nc(NC3CCCC(N)C3)c2c1. The Morgan fingerprint density at radius 3 is 2.68 bits per heavy atom. The second-order valence-corrected chi connectivity index (χ2v) is 8.04. The summed E-state index contributed by atoms with van der Waals surface area (Å²) in [6.45, 7) is 2.09. The molecule has 3 N–H and O–H groups in total. The number of nitrogens with zero attached hydrogens (tertiary/aromatic N) is 2. The third-order valence-corrected chi connectivity index (χ3v) is 5.47. The lowest BCUT2D eigenvalue weighted by Gasteiger charge is -2.28. The molecule has 4 nitrogen and oxygen atoms in total. The smallest absolute Gasteiger partial charge is 0.154 e. The van der Waals surface area contributed by atoms with Crippen molar-refractivity contribution in [2.75, 3.05) is 5.32 Å². The molecule has 1 heterocycles. The third kappa shape index (κ3) is 4.51. The molecule has 1 fully saturated rings. The number of nitrogens with two attached hydrogens (primary N) is 1. The molecule has 0 aliphatic heterocycles. The summed E-state index contributed by atoms with van der Waals surface area (Å²) < 4.78 is 0. The molecule has 1 saturated carbocycles. The largest absolute Gasteiger partial charge is 0.367 e. The molecule has 0 bridgehead atoms. The fourth-order valence-corrected chi connectivity index (χ4v) is 3.87. The van der Waals surface area contributed by atoms with Crippen LogP contribution >= 0.6 is 11.6 Å². The maximum Gasteiger partial charge on any atom is 0.154 e. The lowest BCUT2D eigenvalue weighted by molar-refractivity contribution is 0.409. The van der Waals surface area contributed by atoms with Gasteiger partial charge in [0.1, 0.15) is 5.82 Å². The molecule has 5 heteroatoms. The number of fused-ring (bicyclic) bond motifs is 1. The van der Waals surface area contributed by atoms with Crippen molar-refractivity contribution in [1.29, 1.82) is 0 Å². The zero-order valence-corrected chi connectivity index (χ0v) is 16.8. The van der Waals surface area contributed by atoms with Crippen LogP contribution in [0.4, 0.5) is 5.82 Å². The van der Waals surface area contributed by atoms with Crippen LogP contribution in [0, 0.1) is 6.92 Å². The predicted octanol–water partition coefficient (Wildman–Crippen LogP) is 5.44. The van der Waals surface area contributed by atoms with Crippen LogP contribution in [0.2, 0.25) is 5.02 Å². The topological polar surface area (TPSA) is 63.8 Å². The van der Waals surface area contributed by atoms with Crippen molar-refractivity contribution in [2.45, 2.75) is 44.7 Å².